The quantitative estimate of drug-likeness (QED) is 0.289. The smallest absolute Gasteiger partial charge is 0.191 e. The summed E-state index contributed by atoms with van der Waals surface area (Å²) in [5.41, 5.74) is 0.879. The lowest BCUT2D eigenvalue weighted by atomic mass is 10.2. The van der Waals surface area contributed by atoms with E-state index in [-0.39, 0.29) is 29.8 Å². The number of rotatable bonds is 8. The van der Waals surface area contributed by atoms with E-state index >= 15 is 0 Å². The molecule has 0 heterocycles. The largest absolute Gasteiger partial charge is 0.357 e. The van der Waals surface area contributed by atoms with Crippen molar-refractivity contribution in [2.75, 3.05) is 25.1 Å². The minimum atomic E-state index is -0.215. The minimum Gasteiger partial charge on any atom is -0.357 e. The standard InChI is InChI=1S/C15H24FN3S.HI/c1-3-17-15(18-9-4-5-10-20-2)19-12-13-7-6-8-14(16)11-13;/h6-8,11H,3-5,9-10,12H2,1-2H3,(H2,17,18,19);1H. The summed E-state index contributed by atoms with van der Waals surface area (Å²) < 4.78 is 13.1. The molecule has 1 rings (SSSR count). The Bertz CT molecular complexity index is 416. The van der Waals surface area contributed by atoms with E-state index in [1.807, 2.05) is 24.8 Å². The second-order valence-corrected chi connectivity index (χ2v) is 5.44. The Morgan fingerprint density at radius 1 is 1.29 bits per heavy atom. The molecule has 0 aliphatic heterocycles. The molecule has 6 heteroatoms. The van der Waals surface area contributed by atoms with Crippen molar-refractivity contribution in [1.82, 2.24) is 10.6 Å². The van der Waals surface area contributed by atoms with Crippen LogP contribution in [-0.2, 0) is 6.54 Å². The Kier molecular flexibility index (Phi) is 12.9. The molecule has 120 valence electrons. The van der Waals surface area contributed by atoms with E-state index in [0.717, 1.165) is 31.0 Å². The Hall–Kier alpha value is -0.500. The summed E-state index contributed by atoms with van der Waals surface area (Å²) in [5.74, 6) is 1.77. The van der Waals surface area contributed by atoms with Gasteiger partial charge in [0.05, 0.1) is 6.54 Å². The first-order chi connectivity index (χ1) is 9.76. The van der Waals surface area contributed by atoms with E-state index in [2.05, 4.69) is 21.9 Å². The zero-order valence-electron chi connectivity index (χ0n) is 12.7. The van der Waals surface area contributed by atoms with E-state index in [9.17, 15) is 4.39 Å². The molecule has 1 aromatic rings. The zero-order valence-corrected chi connectivity index (χ0v) is 15.8. The molecule has 0 spiro atoms. The fraction of sp³-hybridized carbons (Fsp3) is 0.533. The Balaban J connectivity index is 0.00000400. The predicted octanol–water partition coefficient (Wildman–Crippen LogP) is 3.64. The second-order valence-electron chi connectivity index (χ2n) is 4.45. The lowest BCUT2D eigenvalue weighted by Gasteiger charge is -2.11. The third-order valence-electron chi connectivity index (χ3n) is 2.72. The molecule has 3 nitrogen and oxygen atoms in total. The summed E-state index contributed by atoms with van der Waals surface area (Å²) in [6.45, 7) is 4.25. The molecule has 0 aromatic heterocycles. The van der Waals surface area contributed by atoms with Gasteiger partial charge in [0.2, 0.25) is 0 Å². The Labute approximate surface area is 148 Å². The van der Waals surface area contributed by atoms with Crippen LogP contribution in [0.15, 0.2) is 29.3 Å². The average Bonchev–Trinajstić information content (AvgIpc) is 2.44. The van der Waals surface area contributed by atoms with Gasteiger partial charge < -0.3 is 10.6 Å². The summed E-state index contributed by atoms with van der Waals surface area (Å²) in [4.78, 5) is 4.47. The minimum absolute atomic E-state index is 0. The first kappa shape index (κ1) is 20.5. The number of hydrogen-bond acceptors (Lipinski definition) is 2. The van der Waals surface area contributed by atoms with Crippen LogP contribution in [0, 0.1) is 5.82 Å². The summed E-state index contributed by atoms with van der Waals surface area (Å²) in [7, 11) is 0. The fourth-order valence-corrected chi connectivity index (χ4v) is 2.22. The van der Waals surface area contributed by atoms with E-state index in [0.29, 0.717) is 6.54 Å². The van der Waals surface area contributed by atoms with E-state index < -0.39 is 0 Å². The average molecular weight is 425 g/mol. The van der Waals surface area contributed by atoms with Crippen molar-refractivity contribution in [2.45, 2.75) is 26.3 Å². The maximum Gasteiger partial charge on any atom is 0.191 e. The predicted molar refractivity (Wildman–Crippen MR) is 102 cm³/mol. The molecule has 0 amide bonds. The van der Waals surface area contributed by atoms with Crippen molar-refractivity contribution < 1.29 is 4.39 Å². The molecule has 0 fully saturated rings. The molecule has 2 N–H and O–H groups in total. The van der Waals surface area contributed by atoms with Gasteiger partial charge in [-0.25, -0.2) is 9.38 Å². The summed E-state index contributed by atoms with van der Waals surface area (Å²) in [5, 5.41) is 6.50. The van der Waals surface area contributed by atoms with Crippen LogP contribution < -0.4 is 10.6 Å². The second kappa shape index (κ2) is 13.2. The normalized spacial score (nSPS) is 10.9. The van der Waals surface area contributed by atoms with Crippen LogP contribution in [-0.4, -0.2) is 31.1 Å². The lowest BCUT2D eigenvalue weighted by molar-refractivity contribution is 0.625. The highest BCUT2D eigenvalue weighted by molar-refractivity contribution is 14.0. The molecule has 0 aliphatic rings. The molecule has 0 bridgehead atoms. The highest BCUT2D eigenvalue weighted by Gasteiger charge is 1.98. The molecule has 0 unspecified atom stereocenters. The highest BCUT2D eigenvalue weighted by atomic mass is 127. The number of nitrogens with one attached hydrogen (secondary N) is 2. The van der Waals surface area contributed by atoms with Crippen molar-refractivity contribution in [3.8, 4) is 0 Å². The lowest BCUT2D eigenvalue weighted by Crippen LogP contribution is -2.37. The third-order valence-corrected chi connectivity index (χ3v) is 3.42. The first-order valence-corrected chi connectivity index (χ1v) is 8.41. The van der Waals surface area contributed by atoms with Crippen LogP contribution in [0.1, 0.15) is 25.3 Å². The number of thioether (sulfide) groups is 1. The van der Waals surface area contributed by atoms with Crippen LogP contribution in [0.4, 0.5) is 4.39 Å². The van der Waals surface area contributed by atoms with Crippen molar-refractivity contribution >= 4 is 41.7 Å². The fourth-order valence-electron chi connectivity index (χ4n) is 1.73. The van der Waals surface area contributed by atoms with E-state index in [4.69, 9.17) is 0 Å². The molecule has 0 saturated carbocycles. The van der Waals surface area contributed by atoms with Gasteiger partial charge in [-0.1, -0.05) is 12.1 Å². The SMILES string of the molecule is CCNC(=NCc1cccc(F)c1)NCCCCSC.I. The summed E-state index contributed by atoms with van der Waals surface area (Å²) in [6, 6.07) is 6.56. The number of aliphatic imine (C=N–C) groups is 1. The molecular formula is C15H25FIN3S. The van der Waals surface area contributed by atoms with Crippen LogP contribution >= 0.6 is 35.7 Å². The Morgan fingerprint density at radius 3 is 2.76 bits per heavy atom. The van der Waals surface area contributed by atoms with Gasteiger partial charge in [0.1, 0.15) is 5.82 Å². The molecule has 0 radical (unpaired) electrons. The third kappa shape index (κ3) is 9.95. The monoisotopic (exact) mass is 425 g/mol. The van der Waals surface area contributed by atoms with E-state index in [1.54, 1.807) is 6.07 Å². The number of hydrogen-bond donors (Lipinski definition) is 2. The van der Waals surface area contributed by atoms with Crippen molar-refractivity contribution in [3.05, 3.63) is 35.6 Å². The van der Waals surface area contributed by atoms with Gasteiger partial charge in [0.25, 0.3) is 0 Å². The maximum absolute atomic E-state index is 13.1. The number of guanidine groups is 1. The van der Waals surface area contributed by atoms with E-state index in [1.165, 1.54) is 24.3 Å². The van der Waals surface area contributed by atoms with Gasteiger partial charge in [-0.05, 0) is 49.5 Å². The first-order valence-electron chi connectivity index (χ1n) is 7.01. The molecule has 21 heavy (non-hydrogen) atoms. The van der Waals surface area contributed by atoms with Crippen molar-refractivity contribution in [1.29, 1.82) is 0 Å². The number of halogens is 2. The van der Waals surface area contributed by atoms with Crippen LogP contribution in [0.25, 0.3) is 0 Å². The molecule has 0 atom stereocenters. The summed E-state index contributed by atoms with van der Waals surface area (Å²) in [6.07, 6.45) is 4.46. The number of nitrogens with zero attached hydrogens (tertiary/aromatic N) is 1. The van der Waals surface area contributed by atoms with Gasteiger partial charge in [-0.2, -0.15) is 11.8 Å². The van der Waals surface area contributed by atoms with Gasteiger partial charge in [0, 0.05) is 13.1 Å². The van der Waals surface area contributed by atoms with Crippen molar-refractivity contribution in [3.63, 3.8) is 0 Å². The van der Waals surface area contributed by atoms with Gasteiger partial charge in [-0.3, -0.25) is 0 Å². The molecule has 0 saturated heterocycles. The molecule has 1 aromatic carbocycles. The van der Waals surface area contributed by atoms with Crippen LogP contribution in [0.3, 0.4) is 0 Å². The molecular weight excluding hydrogens is 400 g/mol. The van der Waals surface area contributed by atoms with Gasteiger partial charge in [0.15, 0.2) is 5.96 Å². The molecule has 0 aliphatic carbocycles. The highest BCUT2D eigenvalue weighted by Crippen LogP contribution is 2.04. The van der Waals surface area contributed by atoms with Crippen LogP contribution in [0.5, 0.6) is 0 Å². The van der Waals surface area contributed by atoms with Crippen molar-refractivity contribution in [2.24, 2.45) is 4.99 Å². The Morgan fingerprint density at radius 2 is 2.10 bits per heavy atom. The van der Waals surface area contributed by atoms with Gasteiger partial charge >= 0.3 is 0 Å². The van der Waals surface area contributed by atoms with Gasteiger partial charge in [-0.15, -0.1) is 24.0 Å². The summed E-state index contributed by atoms with van der Waals surface area (Å²) >= 11 is 1.87. The number of unbranched alkanes of at least 4 members (excludes halogenated alkanes) is 1. The zero-order chi connectivity index (χ0) is 14.6. The topological polar surface area (TPSA) is 36.4 Å². The number of benzene rings is 1. The van der Waals surface area contributed by atoms with Crippen LogP contribution in [0.2, 0.25) is 0 Å². The maximum atomic E-state index is 13.1.